The van der Waals surface area contributed by atoms with Gasteiger partial charge in [0.25, 0.3) is 0 Å². The van der Waals surface area contributed by atoms with E-state index in [4.69, 9.17) is 10.5 Å². The van der Waals surface area contributed by atoms with Crippen molar-refractivity contribution in [2.75, 3.05) is 18.1 Å². The van der Waals surface area contributed by atoms with Crippen LogP contribution in [0.3, 0.4) is 0 Å². The smallest absolute Gasteiger partial charge is 0.119 e. The SMILES string of the molecule is CC(C)CSCCCOc1ccc(CN)cc1. The molecule has 0 aliphatic carbocycles. The lowest BCUT2D eigenvalue weighted by molar-refractivity contribution is 0.318. The van der Waals surface area contributed by atoms with Crippen LogP contribution in [0.5, 0.6) is 5.75 Å². The largest absolute Gasteiger partial charge is 0.494 e. The Morgan fingerprint density at radius 3 is 2.53 bits per heavy atom. The summed E-state index contributed by atoms with van der Waals surface area (Å²) in [5.41, 5.74) is 6.68. The molecule has 0 saturated heterocycles. The first kappa shape index (κ1) is 14.4. The van der Waals surface area contributed by atoms with Crippen molar-refractivity contribution in [1.29, 1.82) is 0 Å². The summed E-state index contributed by atoms with van der Waals surface area (Å²) in [5.74, 6) is 4.14. The molecule has 0 aliphatic heterocycles. The van der Waals surface area contributed by atoms with Crippen molar-refractivity contribution in [3.8, 4) is 5.75 Å². The van der Waals surface area contributed by atoms with Crippen molar-refractivity contribution in [3.05, 3.63) is 29.8 Å². The zero-order chi connectivity index (χ0) is 12.5. The molecule has 0 radical (unpaired) electrons. The number of hydrogen-bond acceptors (Lipinski definition) is 3. The molecule has 0 heterocycles. The number of rotatable bonds is 8. The van der Waals surface area contributed by atoms with E-state index >= 15 is 0 Å². The predicted octanol–water partition coefficient (Wildman–Crippen LogP) is 3.30. The molecule has 2 nitrogen and oxygen atoms in total. The first-order valence-electron chi connectivity index (χ1n) is 6.22. The molecule has 0 unspecified atom stereocenters. The highest BCUT2D eigenvalue weighted by molar-refractivity contribution is 7.99. The van der Waals surface area contributed by atoms with Gasteiger partial charge in [-0.15, -0.1) is 0 Å². The average molecular weight is 253 g/mol. The van der Waals surface area contributed by atoms with Gasteiger partial charge in [-0.3, -0.25) is 0 Å². The minimum atomic E-state index is 0.589. The van der Waals surface area contributed by atoms with Crippen LogP contribution in [-0.4, -0.2) is 18.1 Å². The van der Waals surface area contributed by atoms with E-state index in [1.807, 2.05) is 36.0 Å². The van der Waals surface area contributed by atoms with Crippen LogP contribution in [0.15, 0.2) is 24.3 Å². The van der Waals surface area contributed by atoms with E-state index in [0.29, 0.717) is 6.54 Å². The summed E-state index contributed by atoms with van der Waals surface area (Å²) >= 11 is 2.01. The highest BCUT2D eigenvalue weighted by Gasteiger charge is 1.96. The van der Waals surface area contributed by atoms with Crippen LogP contribution in [0.4, 0.5) is 0 Å². The average Bonchev–Trinajstić information content (AvgIpc) is 2.34. The molecule has 0 bridgehead atoms. The topological polar surface area (TPSA) is 35.2 Å². The third kappa shape index (κ3) is 6.59. The Bertz CT molecular complexity index is 298. The quantitative estimate of drug-likeness (QED) is 0.722. The molecule has 0 spiro atoms. The fourth-order valence-corrected chi connectivity index (χ4v) is 2.35. The fraction of sp³-hybridized carbons (Fsp3) is 0.571. The van der Waals surface area contributed by atoms with Crippen LogP contribution in [0.2, 0.25) is 0 Å². The number of hydrogen-bond donors (Lipinski definition) is 1. The second kappa shape index (κ2) is 8.43. The van der Waals surface area contributed by atoms with Gasteiger partial charge in [0.2, 0.25) is 0 Å². The first-order valence-corrected chi connectivity index (χ1v) is 7.37. The Kier molecular flexibility index (Phi) is 7.13. The van der Waals surface area contributed by atoms with Gasteiger partial charge in [-0.2, -0.15) is 11.8 Å². The molecular weight excluding hydrogens is 230 g/mol. The molecular formula is C14H23NOS. The Labute approximate surface area is 109 Å². The van der Waals surface area contributed by atoms with Crippen molar-refractivity contribution in [2.45, 2.75) is 26.8 Å². The number of nitrogens with two attached hydrogens (primary N) is 1. The molecule has 0 atom stereocenters. The molecule has 1 rings (SSSR count). The van der Waals surface area contributed by atoms with Crippen LogP contribution in [0, 0.1) is 5.92 Å². The van der Waals surface area contributed by atoms with Gasteiger partial charge in [0.05, 0.1) is 6.61 Å². The Balaban J connectivity index is 2.09. The summed E-state index contributed by atoms with van der Waals surface area (Å²) in [7, 11) is 0. The van der Waals surface area contributed by atoms with Crippen LogP contribution in [-0.2, 0) is 6.54 Å². The summed E-state index contributed by atoms with van der Waals surface area (Å²) in [6.45, 7) is 5.89. The molecule has 17 heavy (non-hydrogen) atoms. The molecule has 0 aromatic heterocycles. The van der Waals surface area contributed by atoms with Crippen LogP contribution in [0.1, 0.15) is 25.8 Å². The molecule has 96 valence electrons. The lowest BCUT2D eigenvalue weighted by Crippen LogP contribution is -2.01. The summed E-state index contributed by atoms with van der Waals surface area (Å²) in [4.78, 5) is 0. The lowest BCUT2D eigenvalue weighted by atomic mass is 10.2. The second-order valence-electron chi connectivity index (χ2n) is 4.52. The van der Waals surface area contributed by atoms with E-state index in [0.717, 1.165) is 30.3 Å². The van der Waals surface area contributed by atoms with Gasteiger partial charge in [-0.05, 0) is 41.5 Å². The molecule has 2 N–H and O–H groups in total. The highest BCUT2D eigenvalue weighted by Crippen LogP contribution is 2.13. The van der Waals surface area contributed by atoms with E-state index in [1.165, 1.54) is 11.5 Å². The maximum atomic E-state index is 5.66. The Hall–Kier alpha value is -0.670. The Morgan fingerprint density at radius 2 is 1.94 bits per heavy atom. The zero-order valence-electron chi connectivity index (χ0n) is 10.8. The molecule has 0 aliphatic rings. The standard InChI is InChI=1S/C14H23NOS/c1-12(2)11-17-9-3-8-16-14-6-4-13(10-15)5-7-14/h4-7,12H,3,8-11,15H2,1-2H3. The van der Waals surface area contributed by atoms with Gasteiger partial charge in [0.15, 0.2) is 0 Å². The maximum absolute atomic E-state index is 5.66. The molecule has 1 aromatic carbocycles. The number of thioether (sulfide) groups is 1. The van der Waals surface area contributed by atoms with Crippen molar-refractivity contribution < 1.29 is 4.74 Å². The van der Waals surface area contributed by atoms with E-state index in [-0.39, 0.29) is 0 Å². The normalized spacial score (nSPS) is 10.8. The summed E-state index contributed by atoms with van der Waals surface area (Å²) in [5, 5.41) is 0. The van der Waals surface area contributed by atoms with Gasteiger partial charge < -0.3 is 10.5 Å². The summed E-state index contributed by atoms with van der Waals surface area (Å²) in [6.07, 6.45) is 1.11. The zero-order valence-corrected chi connectivity index (χ0v) is 11.6. The molecule has 0 amide bonds. The molecule has 1 aromatic rings. The number of benzene rings is 1. The van der Waals surface area contributed by atoms with E-state index < -0.39 is 0 Å². The van der Waals surface area contributed by atoms with Crippen molar-refractivity contribution in [3.63, 3.8) is 0 Å². The van der Waals surface area contributed by atoms with Gasteiger partial charge in [0.1, 0.15) is 5.75 Å². The minimum absolute atomic E-state index is 0.589. The van der Waals surface area contributed by atoms with Gasteiger partial charge in [-0.25, -0.2) is 0 Å². The Morgan fingerprint density at radius 1 is 1.24 bits per heavy atom. The molecule has 0 fully saturated rings. The van der Waals surface area contributed by atoms with E-state index in [2.05, 4.69) is 13.8 Å². The number of ether oxygens (including phenoxy) is 1. The van der Waals surface area contributed by atoms with Crippen molar-refractivity contribution >= 4 is 11.8 Å². The highest BCUT2D eigenvalue weighted by atomic mass is 32.2. The third-order valence-electron chi connectivity index (χ3n) is 2.31. The fourth-order valence-electron chi connectivity index (χ4n) is 1.39. The lowest BCUT2D eigenvalue weighted by Gasteiger charge is -2.07. The van der Waals surface area contributed by atoms with E-state index in [1.54, 1.807) is 0 Å². The monoisotopic (exact) mass is 253 g/mol. The predicted molar refractivity (Wildman–Crippen MR) is 76.6 cm³/mol. The van der Waals surface area contributed by atoms with Gasteiger partial charge in [-0.1, -0.05) is 26.0 Å². The third-order valence-corrected chi connectivity index (χ3v) is 3.79. The second-order valence-corrected chi connectivity index (χ2v) is 5.67. The first-order chi connectivity index (χ1) is 8.22. The summed E-state index contributed by atoms with van der Waals surface area (Å²) < 4.78 is 5.66. The molecule has 3 heteroatoms. The van der Waals surface area contributed by atoms with Crippen LogP contribution in [0.25, 0.3) is 0 Å². The van der Waals surface area contributed by atoms with Gasteiger partial charge >= 0.3 is 0 Å². The van der Waals surface area contributed by atoms with Crippen LogP contribution >= 0.6 is 11.8 Å². The summed E-state index contributed by atoms with van der Waals surface area (Å²) in [6, 6.07) is 8.01. The van der Waals surface area contributed by atoms with Crippen LogP contribution < -0.4 is 10.5 Å². The minimum Gasteiger partial charge on any atom is -0.494 e. The van der Waals surface area contributed by atoms with E-state index in [9.17, 15) is 0 Å². The van der Waals surface area contributed by atoms with Gasteiger partial charge in [0, 0.05) is 6.54 Å². The maximum Gasteiger partial charge on any atom is 0.119 e. The van der Waals surface area contributed by atoms with Crippen molar-refractivity contribution in [2.24, 2.45) is 11.7 Å². The van der Waals surface area contributed by atoms with Crippen molar-refractivity contribution in [1.82, 2.24) is 0 Å². The molecule has 0 saturated carbocycles.